The van der Waals surface area contributed by atoms with Crippen molar-refractivity contribution in [2.75, 3.05) is 7.05 Å². The molecule has 3 rings (SSSR count). The first kappa shape index (κ1) is 16.3. The number of nitrogens with zero attached hydrogens (tertiary/aromatic N) is 5. The summed E-state index contributed by atoms with van der Waals surface area (Å²) >= 11 is 0. The third-order valence-electron chi connectivity index (χ3n) is 4.15. The van der Waals surface area contributed by atoms with Gasteiger partial charge in [0.15, 0.2) is 0 Å². The molecule has 6 heteroatoms. The van der Waals surface area contributed by atoms with Crippen molar-refractivity contribution in [1.82, 2.24) is 24.3 Å². The molecule has 24 heavy (non-hydrogen) atoms. The van der Waals surface area contributed by atoms with Crippen molar-refractivity contribution in [3.05, 3.63) is 70.3 Å². The molecule has 0 radical (unpaired) electrons. The Bertz CT molecular complexity index is 891. The van der Waals surface area contributed by atoms with Crippen LogP contribution in [0.4, 0.5) is 0 Å². The SMILES string of the molecule is Cc1ccc2nc(CN(C)C(C)Cc3cnccn3)cc(=O)n2c1. The summed E-state index contributed by atoms with van der Waals surface area (Å²) < 4.78 is 1.59. The van der Waals surface area contributed by atoms with E-state index in [0.29, 0.717) is 12.2 Å². The average Bonchev–Trinajstić information content (AvgIpc) is 2.56. The van der Waals surface area contributed by atoms with Crippen molar-refractivity contribution in [2.24, 2.45) is 0 Å². The first-order valence-electron chi connectivity index (χ1n) is 7.97. The summed E-state index contributed by atoms with van der Waals surface area (Å²) in [7, 11) is 2.03. The minimum Gasteiger partial charge on any atom is -0.297 e. The van der Waals surface area contributed by atoms with Crippen LogP contribution in [0.25, 0.3) is 5.65 Å². The Morgan fingerprint density at radius 2 is 2.08 bits per heavy atom. The molecule has 1 atom stereocenters. The second kappa shape index (κ2) is 6.88. The van der Waals surface area contributed by atoms with Crippen molar-refractivity contribution in [2.45, 2.75) is 32.9 Å². The van der Waals surface area contributed by atoms with Crippen LogP contribution in [0.3, 0.4) is 0 Å². The van der Waals surface area contributed by atoms with Gasteiger partial charge < -0.3 is 0 Å². The first-order valence-corrected chi connectivity index (χ1v) is 7.97. The van der Waals surface area contributed by atoms with Crippen molar-refractivity contribution < 1.29 is 0 Å². The zero-order valence-corrected chi connectivity index (χ0v) is 14.2. The molecule has 124 valence electrons. The molecule has 1 unspecified atom stereocenters. The third-order valence-corrected chi connectivity index (χ3v) is 4.15. The van der Waals surface area contributed by atoms with Crippen LogP contribution in [0.2, 0.25) is 0 Å². The van der Waals surface area contributed by atoms with Gasteiger partial charge in [-0.05, 0) is 32.5 Å². The van der Waals surface area contributed by atoms with Gasteiger partial charge in [-0.2, -0.15) is 0 Å². The molecule has 0 saturated heterocycles. The quantitative estimate of drug-likeness (QED) is 0.717. The van der Waals surface area contributed by atoms with Crippen LogP contribution in [0.1, 0.15) is 23.9 Å². The van der Waals surface area contributed by atoms with E-state index < -0.39 is 0 Å². The van der Waals surface area contributed by atoms with Crippen LogP contribution >= 0.6 is 0 Å². The molecule has 0 saturated carbocycles. The predicted octanol–water partition coefficient (Wildman–Crippen LogP) is 1.86. The van der Waals surface area contributed by atoms with Gasteiger partial charge in [-0.25, -0.2) is 4.98 Å². The molecule has 6 nitrogen and oxygen atoms in total. The Morgan fingerprint density at radius 3 is 2.83 bits per heavy atom. The highest BCUT2D eigenvalue weighted by molar-refractivity contribution is 5.39. The van der Waals surface area contributed by atoms with Gasteiger partial charge in [-0.1, -0.05) is 6.07 Å². The third kappa shape index (κ3) is 3.65. The molecule has 0 amide bonds. The summed E-state index contributed by atoms with van der Waals surface area (Å²) in [6.45, 7) is 4.70. The largest absolute Gasteiger partial charge is 0.297 e. The molecule has 3 aromatic heterocycles. The highest BCUT2D eigenvalue weighted by Gasteiger charge is 2.13. The fourth-order valence-electron chi connectivity index (χ4n) is 2.64. The fraction of sp³-hybridized carbons (Fsp3) is 0.333. The van der Waals surface area contributed by atoms with Crippen LogP contribution in [0.5, 0.6) is 0 Å². The molecule has 0 aliphatic heterocycles. The molecule has 3 aromatic rings. The van der Waals surface area contributed by atoms with Gasteiger partial charge in [0.2, 0.25) is 0 Å². The summed E-state index contributed by atoms with van der Waals surface area (Å²) in [5.41, 5.74) is 3.40. The van der Waals surface area contributed by atoms with Crippen molar-refractivity contribution >= 4 is 5.65 Å². The van der Waals surface area contributed by atoms with Crippen LogP contribution in [0, 0.1) is 6.92 Å². The predicted molar refractivity (Wildman–Crippen MR) is 92.9 cm³/mol. The molecule has 0 aliphatic carbocycles. The maximum Gasteiger partial charge on any atom is 0.258 e. The van der Waals surface area contributed by atoms with Crippen LogP contribution in [-0.2, 0) is 13.0 Å². The molecular weight excluding hydrogens is 302 g/mol. The normalized spacial score (nSPS) is 12.7. The summed E-state index contributed by atoms with van der Waals surface area (Å²) in [4.78, 5) is 27.5. The van der Waals surface area contributed by atoms with E-state index in [9.17, 15) is 4.79 Å². The minimum atomic E-state index is -0.0475. The number of aryl methyl sites for hydroxylation is 1. The fourth-order valence-corrected chi connectivity index (χ4v) is 2.64. The van der Waals surface area contributed by atoms with E-state index in [1.165, 1.54) is 0 Å². The topological polar surface area (TPSA) is 63.4 Å². The van der Waals surface area contributed by atoms with Crippen LogP contribution < -0.4 is 5.56 Å². The van der Waals surface area contributed by atoms with E-state index in [4.69, 9.17) is 0 Å². The van der Waals surface area contributed by atoms with Gasteiger partial charge >= 0.3 is 0 Å². The van der Waals surface area contributed by atoms with Crippen molar-refractivity contribution in [3.63, 3.8) is 0 Å². The lowest BCUT2D eigenvalue weighted by atomic mass is 10.1. The zero-order chi connectivity index (χ0) is 17.1. The summed E-state index contributed by atoms with van der Waals surface area (Å²) in [5, 5.41) is 0. The van der Waals surface area contributed by atoms with E-state index in [1.807, 2.05) is 32.3 Å². The number of hydrogen-bond donors (Lipinski definition) is 0. The lowest BCUT2D eigenvalue weighted by Crippen LogP contribution is -2.31. The Balaban J connectivity index is 1.76. The van der Waals surface area contributed by atoms with Crippen LogP contribution in [0.15, 0.2) is 47.8 Å². The monoisotopic (exact) mass is 323 g/mol. The second-order valence-electron chi connectivity index (χ2n) is 6.19. The lowest BCUT2D eigenvalue weighted by molar-refractivity contribution is 0.244. The lowest BCUT2D eigenvalue weighted by Gasteiger charge is -2.24. The molecule has 0 spiro atoms. The summed E-state index contributed by atoms with van der Waals surface area (Å²) in [5.74, 6) is 0. The first-order chi connectivity index (χ1) is 11.5. The average molecular weight is 323 g/mol. The molecule has 0 fully saturated rings. The maximum atomic E-state index is 12.3. The van der Waals surface area contributed by atoms with E-state index in [-0.39, 0.29) is 11.6 Å². The molecule has 0 aliphatic rings. The molecule has 0 N–H and O–H groups in total. The smallest absolute Gasteiger partial charge is 0.258 e. The number of likely N-dealkylation sites (N-methyl/N-ethyl adjacent to an activating group) is 1. The van der Waals surface area contributed by atoms with Gasteiger partial charge in [0.1, 0.15) is 5.65 Å². The Morgan fingerprint density at radius 1 is 1.25 bits per heavy atom. The Kier molecular flexibility index (Phi) is 4.66. The summed E-state index contributed by atoms with van der Waals surface area (Å²) in [6.07, 6.45) is 7.78. The molecule has 0 aromatic carbocycles. The van der Waals surface area contributed by atoms with Gasteiger partial charge in [0, 0.05) is 49.9 Å². The van der Waals surface area contributed by atoms with E-state index >= 15 is 0 Å². The van der Waals surface area contributed by atoms with Crippen molar-refractivity contribution in [3.8, 4) is 0 Å². The van der Waals surface area contributed by atoms with E-state index in [2.05, 4.69) is 26.8 Å². The number of fused-ring (bicyclic) bond motifs is 1. The Labute approximate surface area is 140 Å². The highest BCUT2D eigenvalue weighted by Crippen LogP contribution is 2.09. The van der Waals surface area contributed by atoms with E-state index in [0.717, 1.165) is 23.4 Å². The molecule has 0 bridgehead atoms. The van der Waals surface area contributed by atoms with Gasteiger partial charge in [0.05, 0.1) is 11.4 Å². The Hall–Kier alpha value is -2.60. The van der Waals surface area contributed by atoms with E-state index in [1.54, 1.807) is 29.1 Å². The number of pyridine rings is 1. The van der Waals surface area contributed by atoms with Crippen molar-refractivity contribution in [1.29, 1.82) is 0 Å². The standard InChI is InChI=1S/C18H21N5O/c1-13-4-5-17-21-16(9-18(24)23(17)11-13)12-22(3)14(2)8-15-10-19-6-7-20-15/h4-7,9-11,14H,8,12H2,1-3H3. The number of rotatable bonds is 5. The van der Waals surface area contributed by atoms with Gasteiger partial charge in [0.25, 0.3) is 5.56 Å². The van der Waals surface area contributed by atoms with Gasteiger partial charge in [-0.3, -0.25) is 24.1 Å². The van der Waals surface area contributed by atoms with Crippen LogP contribution in [-0.4, -0.2) is 37.3 Å². The number of hydrogen-bond acceptors (Lipinski definition) is 5. The highest BCUT2D eigenvalue weighted by atomic mass is 16.1. The second-order valence-corrected chi connectivity index (χ2v) is 6.19. The maximum absolute atomic E-state index is 12.3. The molecule has 3 heterocycles. The number of aromatic nitrogens is 4. The minimum absolute atomic E-state index is 0.0475. The van der Waals surface area contributed by atoms with Gasteiger partial charge in [-0.15, -0.1) is 0 Å². The molecular formula is C18H21N5O. The zero-order valence-electron chi connectivity index (χ0n) is 14.2. The summed E-state index contributed by atoms with van der Waals surface area (Å²) in [6, 6.07) is 5.72.